The van der Waals surface area contributed by atoms with Gasteiger partial charge in [-0.2, -0.15) is 17.5 Å². The third-order valence-corrected chi connectivity index (χ3v) is 7.20. The summed E-state index contributed by atoms with van der Waals surface area (Å²) in [5, 5.41) is 0.283. The standard InChI is InChI=1S/C15H15ClF3N3O2S2/c1-10-9-20-14(25-10)21-4-6-22(7-5-21)26(23,24)11-2-3-13(16)12(8-11)15(17,18)19/h2-3,8-9H,4-7H2,1H3. The van der Waals surface area contributed by atoms with Crippen LogP contribution in [0.2, 0.25) is 5.02 Å². The number of hydrogen-bond donors (Lipinski definition) is 0. The van der Waals surface area contributed by atoms with Crippen LogP contribution in [0.1, 0.15) is 10.4 Å². The molecule has 0 radical (unpaired) electrons. The molecule has 0 aliphatic carbocycles. The van der Waals surface area contributed by atoms with Gasteiger partial charge in [0.15, 0.2) is 5.13 Å². The number of rotatable bonds is 3. The molecule has 142 valence electrons. The maximum atomic E-state index is 13.0. The molecule has 1 aliphatic rings. The monoisotopic (exact) mass is 425 g/mol. The number of aryl methyl sites for hydroxylation is 1. The van der Waals surface area contributed by atoms with Crippen LogP contribution >= 0.6 is 22.9 Å². The first-order valence-corrected chi connectivity index (χ1v) is 10.3. The Balaban J connectivity index is 1.79. The smallest absolute Gasteiger partial charge is 0.345 e. The van der Waals surface area contributed by atoms with Crippen molar-refractivity contribution in [3.8, 4) is 0 Å². The van der Waals surface area contributed by atoms with Crippen molar-refractivity contribution < 1.29 is 21.6 Å². The minimum atomic E-state index is -4.72. The largest absolute Gasteiger partial charge is 0.417 e. The van der Waals surface area contributed by atoms with Crippen molar-refractivity contribution in [2.75, 3.05) is 31.1 Å². The summed E-state index contributed by atoms with van der Waals surface area (Å²) >= 11 is 7.08. The van der Waals surface area contributed by atoms with Crippen LogP contribution in [0, 0.1) is 6.92 Å². The van der Waals surface area contributed by atoms with Crippen LogP contribution in [-0.4, -0.2) is 43.9 Å². The van der Waals surface area contributed by atoms with Crippen molar-refractivity contribution in [2.45, 2.75) is 18.0 Å². The van der Waals surface area contributed by atoms with Crippen LogP contribution in [0.15, 0.2) is 29.3 Å². The van der Waals surface area contributed by atoms with E-state index in [0.29, 0.717) is 19.2 Å². The molecule has 0 unspecified atom stereocenters. The minimum Gasteiger partial charge on any atom is -0.345 e. The van der Waals surface area contributed by atoms with Crippen LogP contribution in [0.4, 0.5) is 18.3 Å². The van der Waals surface area contributed by atoms with Crippen molar-refractivity contribution in [1.29, 1.82) is 0 Å². The van der Waals surface area contributed by atoms with Gasteiger partial charge in [0.2, 0.25) is 10.0 Å². The van der Waals surface area contributed by atoms with Crippen molar-refractivity contribution in [3.63, 3.8) is 0 Å². The average molecular weight is 426 g/mol. The Morgan fingerprint density at radius 1 is 1.19 bits per heavy atom. The maximum absolute atomic E-state index is 13.0. The maximum Gasteiger partial charge on any atom is 0.417 e. The van der Waals surface area contributed by atoms with Gasteiger partial charge in [-0.3, -0.25) is 0 Å². The van der Waals surface area contributed by atoms with Gasteiger partial charge in [-0.25, -0.2) is 13.4 Å². The highest BCUT2D eigenvalue weighted by atomic mass is 35.5. The van der Waals surface area contributed by atoms with Crippen molar-refractivity contribution in [3.05, 3.63) is 39.9 Å². The molecule has 0 spiro atoms. The van der Waals surface area contributed by atoms with Crippen molar-refractivity contribution in [2.24, 2.45) is 0 Å². The molecule has 2 heterocycles. The zero-order valence-corrected chi connectivity index (χ0v) is 16.0. The zero-order chi connectivity index (χ0) is 19.1. The minimum absolute atomic E-state index is 0.172. The number of anilines is 1. The van der Waals surface area contributed by atoms with Crippen LogP contribution in [-0.2, 0) is 16.2 Å². The summed E-state index contributed by atoms with van der Waals surface area (Å²) in [6.07, 6.45) is -2.97. The number of hydrogen-bond acceptors (Lipinski definition) is 5. The number of sulfonamides is 1. The molecule has 0 atom stereocenters. The first kappa shape index (κ1) is 19.4. The molecule has 1 aromatic heterocycles. The molecule has 11 heteroatoms. The number of thiazole rings is 1. The topological polar surface area (TPSA) is 53.5 Å². The third-order valence-electron chi connectivity index (χ3n) is 4.00. The van der Waals surface area contributed by atoms with E-state index in [1.807, 2.05) is 11.8 Å². The Morgan fingerprint density at radius 2 is 1.85 bits per heavy atom. The van der Waals surface area contributed by atoms with Crippen LogP contribution in [0.25, 0.3) is 0 Å². The fraction of sp³-hybridized carbons (Fsp3) is 0.400. The van der Waals surface area contributed by atoms with Gasteiger partial charge < -0.3 is 4.90 Å². The highest BCUT2D eigenvalue weighted by molar-refractivity contribution is 7.89. The van der Waals surface area contributed by atoms with Crippen molar-refractivity contribution in [1.82, 2.24) is 9.29 Å². The Bertz CT molecular complexity index is 907. The quantitative estimate of drug-likeness (QED) is 0.753. The summed E-state index contributed by atoms with van der Waals surface area (Å²) in [5.74, 6) is 0. The Hall–Kier alpha value is -1.36. The summed E-state index contributed by atoms with van der Waals surface area (Å²) in [5.41, 5.74) is -1.16. The van der Waals surface area contributed by atoms with Gasteiger partial charge in [0, 0.05) is 37.3 Å². The van der Waals surface area contributed by atoms with E-state index in [-0.39, 0.29) is 13.1 Å². The molecule has 2 aromatic rings. The van der Waals surface area contributed by atoms with Gasteiger partial charge in [0.25, 0.3) is 0 Å². The van der Waals surface area contributed by atoms with Gasteiger partial charge >= 0.3 is 6.18 Å². The first-order valence-electron chi connectivity index (χ1n) is 7.63. The molecule has 0 amide bonds. The normalized spacial score (nSPS) is 16.9. The van der Waals surface area contributed by atoms with Gasteiger partial charge in [0.05, 0.1) is 15.5 Å². The highest BCUT2D eigenvalue weighted by Gasteiger charge is 2.36. The Kier molecular flexibility index (Phi) is 5.22. The predicted octanol–water partition coefficient (Wildman–Crippen LogP) is 3.63. The summed E-state index contributed by atoms with van der Waals surface area (Å²) in [4.78, 5) is 6.88. The molecule has 5 nitrogen and oxygen atoms in total. The Morgan fingerprint density at radius 3 is 2.38 bits per heavy atom. The molecular formula is C15H15ClF3N3O2S2. The molecule has 1 fully saturated rings. The molecule has 3 rings (SSSR count). The molecule has 0 bridgehead atoms. The number of benzene rings is 1. The lowest BCUT2D eigenvalue weighted by atomic mass is 10.2. The van der Waals surface area contributed by atoms with E-state index in [9.17, 15) is 21.6 Å². The van der Waals surface area contributed by atoms with Gasteiger partial charge in [0.1, 0.15) is 0 Å². The highest BCUT2D eigenvalue weighted by Crippen LogP contribution is 2.36. The molecule has 1 aromatic carbocycles. The lowest BCUT2D eigenvalue weighted by Crippen LogP contribution is -2.48. The summed E-state index contributed by atoms with van der Waals surface area (Å²) < 4.78 is 65.6. The second-order valence-electron chi connectivity index (χ2n) is 5.78. The number of alkyl halides is 3. The number of aromatic nitrogens is 1. The summed E-state index contributed by atoms with van der Waals surface area (Å²) in [6.45, 7) is 3.12. The van der Waals surface area contributed by atoms with Gasteiger partial charge in [-0.15, -0.1) is 11.3 Å². The first-order chi connectivity index (χ1) is 12.1. The summed E-state index contributed by atoms with van der Waals surface area (Å²) in [6, 6.07) is 2.66. The second kappa shape index (κ2) is 6.99. The van der Waals surface area contributed by atoms with E-state index in [2.05, 4.69) is 4.98 Å². The molecule has 1 saturated heterocycles. The summed E-state index contributed by atoms with van der Waals surface area (Å²) in [7, 11) is -4.03. The third kappa shape index (κ3) is 3.83. The van der Waals surface area contributed by atoms with Gasteiger partial charge in [-0.05, 0) is 25.1 Å². The fourth-order valence-corrected chi connectivity index (χ4v) is 5.12. The molecule has 26 heavy (non-hydrogen) atoms. The van der Waals surface area contributed by atoms with E-state index in [1.54, 1.807) is 6.20 Å². The zero-order valence-electron chi connectivity index (χ0n) is 13.6. The van der Waals surface area contributed by atoms with E-state index < -0.39 is 31.7 Å². The number of piperazine rings is 1. The lowest BCUT2D eigenvalue weighted by Gasteiger charge is -2.33. The molecular weight excluding hydrogens is 411 g/mol. The molecule has 0 saturated carbocycles. The van der Waals surface area contributed by atoms with Crippen LogP contribution < -0.4 is 4.90 Å². The average Bonchev–Trinajstić information content (AvgIpc) is 3.00. The fourth-order valence-electron chi connectivity index (χ4n) is 2.64. The van der Waals surface area contributed by atoms with E-state index >= 15 is 0 Å². The Labute approximate surface area is 158 Å². The number of halogens is 4. The van der Waals surface area contributed by atoms with E-state index in [0.717, 1.165) is 22.1 Å². The van der Waals surface area contributed by atoms with Gasteiger partial charge in [-0.1, -0.05) is 11.6 Å². The lowest BCUT2D eigenvalue weighted by molar-refractivity contribution is -0.137. The second-order valence-corrected chi connectivity index (χ2v) is 9.34. The SMILES string of the molecule is Cc1cnc(N2CCN(S(=O)(=O)c3ccc(Cl)c(C(F)(F)F)c3)CC2)s1. The van der Waals surface area contributed by atoms with Crippen LogP contribution in [0.3, 0.4) is 0 Å². The van der Waals surface area contributed by atoms with Crippen molar-refractivity contribution >= 4 is 38.1 Å². The predicted molar refractivity (Wildman–Crippen MR) is 94.3 cm³/mol. The van der Waals surface area contributed by atoms with E-state index in [1.165, 1.54) is 15.6 Å². The molecule has 0 N–H and O–H groups in total. The number of nitrogens with zero attached hydrogens (tertiary/aromatic N) is 3. The van der Waals surface area contributed by atoms with Crippen LogP contribution in [0.5, 0.6) is 0 Å². The van der Waals surface area contributed by atoms with E-state index in [4.69, 9.17) is 11.6 Å². The molecule has 1 aliphatic heterocycles.